The van der Waals surface area contributed by atoms with Crippen LogP contribution < -0.4 is 5.32 Å². The van der Waals surface area contributed by atoms with E-state index in [0.29, 0.717) is 11.9 Å². The number of carbonyl (C=O) groups excluding carboxylic acids is 1. The SMILES string of the molecule is CN(CCC1CCCCN1C)C(=O)C1CNC1.Cl.Cl. The van der Waals surface area contributed by atoms with Crippen LogP contribution in [0.5, 0.6) is 0 Å². The van der Waals surface area contributed by atoms with E-state index < -0.39 is 0 Å². The van der Waals surface area contributed by atoms with E-state index in [2.05, 4.69) is 17.3 Å². The van der Waals surface area contributed by atoms with Gasteiger partial charge in [0, 0.05) is 32.7 Å². The molecule has 0 radical (unpaired) electrons. The van der Waals surface area contributed by atoms with Crippen molar-refractivity contribution in [2.75, 3.05) is 40.3 Å². The Kier molecular flexibility index (Phi) is 8.99. The zero-order valence-electron chi connectivity index (χ0n) is 11.9. The van der Waals surface area contributed by atoms with Crippen LogP contribution in [0, 0.1) is 5.92 Å². The van der Waals surface area contributed by atoms with Gasteiger partial charge in [-0.3, -0.25) is 4.79 Å². The van der Waals surface area contributed by atoms with Crippen molar-refractivity contribution in [2.24, 2.45) is 5.92 Å². The average molecular weight is 312 g/mol. The van der Waals surface area contributed by atoms with Crippen LogP contribution in [0.3, 0.4) is 0 Å². The molecule has 2 heterocycles. The molecule has 2 saturated heterocycles. The molecule has 0 spiro atoms. The first-order valence-corrected chi connectivity index (χ1v) is 6.84. The Balaban J connectivity index is 0.00000162. The van der Waals surface area contributed by atoms with Gasteiger partial charge < -0.3 is 15.1 Å². The number of amides is 1. The Morgan fingerprint density at radius 1 is 1.32 bits per heavy atom. The third-order valence-corrected chi connectivity index (χ3v) is 4.23. The van der Waals surface area contributed by atoms with Crippen molar-refractivity contribution in [2.45, 2.75) is 31.7 Å². The monoisotopic (exact) mass is 311 g/mol. The number of hydrogen-bond acceptors (Lipinski definition) is 3. The summed E-state index contributed by atoms with van der Waals surface area (Å²) in [6.45, 7) is 3.86. The van der Waals surface area contributed by atoms with E-state index in [-0.39, 0.29) is 30.7 Å². The molecule has 114 valence electrons. The lowest BCUT2D eigenvalue weighted by atomic mass is 9.99. The fourth-order valence-electron chi connectivity index (χ4n) is 2.74. The van der Waals surface area contributed by atoms with Crippen LogP contribution in [0.4, 0.5) is 0 Å². The zero-order chi connectivity index (χ0) is 12.3. The van der Waals surface area contributed by atoms with Gasteiger partial charge in [0.1, 0.15) is 0 Å². The lowest BCUT2D eigenvalue weighted by molar-refractivity contribution is -0.135. The molecule has 0 aromatic heterocycles. The van der Waals surface area contributed by atoms with Crippen LogP contribution in [-0.2, 0) is 4.79 Å². The second-order valence-electron chi connectivity index (χ2n) is 5.53. The maximum Gasteiger partial charge on any atom is 0.227 e. The molecular formula is C13H27Cl2N3O. The predicted molar refractivity (Wildman–Crippen MR) is 83.4 cm³/mol. The van der Waals surface area contributed by atoms with Gasteiger partial charge in [-0.2, -0.15) is 0 Å². The van der Waals surface area contributed by atoms with Crippen molar-refractivity contribution < 1.29 is 4.79 Å². The molecule has 1 unspecified atom stereocenters. The summed E-state index contributed by atoms with van der Waals surface area (Å²) in [5.74, 6) is 0.561. The largest absolute Gasteiger partial charge is 0.345 e. The van der Waals surface area contributed by atoms with Gasteiger partial charge >= 0.3 is 0 Å². The van der Waals surface area contributed by atoms with Crippen LogP contribution >= 0.6 is 24.8 Å². The Morgan fingerprint density at radius 3 is 2.53 bits per heavy atom. The van der Waals surface area contributed by atoms with E-state index >= 15 is 0 Å². The molecule has 2 rings (SSSR count). The smallest absolute Gasteiger partial charge is 0.227 e. The Morgan fingerprint density at radius 2 is 2.00 bits per heavy atom. The van der Waals surface area contributed by atoms with Gasteiger partial charge in [-0.25, -0.2) is 0 Å². The van der Waals surface area contributed by atoms with E-state index in [1.165, 1.54) is 25.8 Å². The molecule has 0 aromatic rings. The normalized spacial score (nSPS) is 23.8. The number of nitrogens with zero attached hydrogens (tertiary/aromatic N) is 2. The first kappa shape index (κ1) is 19.0. The average Bonchev–Trinajstić information content (AvgIpc) is 2.25. The molecule has 1 amide bonds. The zero-order valence-corrected chi connectivity index (χ0v) is 13.6. The van der Waals surface area contributed by atoms with Gasteiger partial charge in [-0.05, 0) is 32.9 Å². The second-order valence-corrected chi connectivity index (χ2v) is 5.53. The minimum absolute atomic E-state index is 0. The van der Waals surface area contributed by atoms with Gasteiger partial charge in [0.15, 0.2) is 0 Å². The van der Waals surface area contributed by atoms with Crippen molar-refractivity contribution in [1.29, 1.82) is 0 Å². The molecule has 1 atom stereocenters. The van der Waals surface area contributed by atoms with Crippen LogP contribution in [0.25, 0.3) is 0 Å². The summed E-state index contributed by atoms with van der Waals surface area (Å²) in [6.07, 6.45) is 5.09. The Bertz CT molecular complexity index is 275. The summed E-state index contributed by atoms with van der Waals surface area (Å²) >= 11 is 0. The van der Waals surface area contributed by atoms with Gasteiger partial charge in [-0.15, -0.1) is 24.8 Å². The summed E-state index contributed by atoms with van der Waals surface area (Å²) in [4.78, 5) is 16.3. The predicted octanol–water partition coefficient (Wildman–Crippen LogP) is 1.38. The quantitative estimate of drug-likeness (QED) is 0.852. The molecule has 19 heavy (non-hydrogen) atoms. The van der Waals surface area contributed by atoms with Gasteiger partial charge in [0.2, 0.25) is 5.91 Å². The van der Waals surface area contributed by atoms with E-state index in [1.54, 1.807) is 0 Å². The molecule has 4 nitrogen and oxygen atoms in total. The molecular weight excluding hydrogens is 285 g/mol. The van der Waals surface area contributed by atoms with E-state index in [1.807, 2.05) is 11.9 Å². The number of nitrogens with one attached hydrogen (secondary N) is 1. The van der Waals surface area contributed by atoms with Gasteiger partial charge in [0.25, 0.3) is 0 Å². The Labute approximate surface area is 129 Å². The topological polar surface area (TPSA) is 35.6 Å². The van der Waals surface area contributed by atoms with Crippen LogP contribution in [-0.4, -0.2) is 62.0 Å². The minimum Gasteiger partial charge on any atom is -0.345 e. The highest BCUT2D eigenvalue weighted by Gasteiger charge is 2.28. The molecule has 2 aliphatic rings. The first-order chi connectivity index (χ1) is 8.18. The van der Waals surface area contributed by atoms with E-state index in [4.69, 9.17) is 0 Å². The van der Waals surface area contributed by atoms with E-state index in [9.17, 15) is 4.79 Å². The highest BCUT2D eigenvalue weighted by molar-refractivity contribution is 5.85. The van der Waals surface area contributed by atoms with Crippen LogP contribution in [0.2, 0.25) is 0 Å². The summed E-state index contributed by atoms with van der Waals surface area (Å²) in [5.41, 5.74) is 0. The second kappa shape index (κ2) is 9.01. The molecule has 0 aromatic carbocycles. The van der Waals surface area contributed by atoms with Crippen LogP contribution in [0.1, 0.15) is 25.7 Å². The highest BCUT2D eigenvalue weighted by atomic mass is 35.5. The van der Waals surface area contributed by atoms with Crippen molar-refractivity contribution in [3.05, 3.63) is 0 Å². The van der Waals surface area contributed by atoms with Crippen molar-refractivity contribution in [3.63, 3.8) is 0 Å². The molecule has 1 N–H and O–H groups in total. The van der Waals surface area contributed by atoms with Crippen molar-refractivity contribution in [3.8, 4) is 0 Å². The standard InChI is InChI=1S/C13H25N3O.2ClH/c1-15-7-4-3-5-12(15)6-8-16(2)13(17)11-9-14-10-11;;/h11-12,14H,3-10H2,1-2H3;2*1H. The lowest BCUT2D eigenvalue weighted by Gasteiger charge is -2.35. The van der Waals surface area contributed by atoms with Crippen molar-refractivity contribution in [1.82, 2.24) is 15.1 Å². The summed E-state index contributed by atoms with van der Waals surface area (Å²) in [5, 5.41) is 3.15. The summed E-state index contributed by atoms with van der Waals surface area (Å²) in [6, 6.07) is 0.679. The van der Waals surface area contributed by atoms with Gasteiger partial charge in [0.05, 0.1) is 5.92 Å². The molecule has 0 aliphatic carbocycles. The van der Waals surface area contributed by atoms with Crippen molar-refractivity contribution >= 4 is 30.7 Å². The number of likely N-dealkylation sites (tertiary alicyclic amines) is 1. The highest BCUT2D eigenvalue weighted by Crippen LogP contribution is 2.18. The third kappa shape index (κ3) is 5.10. The molecule has 2 aliphatic heterocycles. The maximum atomic E-state index is 12.0. The molecule has 6 heteroatoms. The van der Waals surface area contributed by atoms with E-state index in [0.717, 1.165) is 26.1 Å². The fraction of sp³-hybridized carbons (Fsp3) is 0.923. The Hall–Kier alpha value is -0.0300. The number of piperidine rings is 1. The lowest BCUT2D eigenvalue weighted by Crippen LogP contribution is -2.51. The number of hydrogen-bond donors (Lipinski definition) is 1. The minimum atomic E-state index is 0. The first-order valence-electron chi connectivity index (χ1n) is 6.84. The molecule has 2 fully saturated rings. The van der Waals surface area contributed by atoms with Crippen LogP contribution in [0.15, 0.2) is 0 Å². The number of carbonyl (C=O) groups is 1. The third-order valence-electron chi connectivity index (χ3n) is 4.23. The summed E-state index contributed by atoms with van der Waals surface area (Å²) < 4.78 is 0. The number of halogens is 2. The van der Waals surface area contributed by atoms with Gasteiger partial charge in [-0.1, -0.05) is 6.42 Å². The fourth-order valence-corrected chi connectivity index (χ4v) is 2.74. The summed E-state index contributed by atoms with van der Waals surface area (Å²) in [7, 11) is 4.16. The number of rotatable bonds is 4. The molecule has 0 saturated carbocycles. The maximum absolute atomic E-state index is 12.0. The molecule has 0 bridgehead atoms.